The van der Waals surface area contributed by atoms with Crippen molar-refractivity contribution in [2.45, 2.75) is 30.1 Å². The number of Topliss-reactive ketones (excluding diaryl/α,β-unsaturated/α-hetero) is 1. The molecule has 0 N–H and O–H groups in total. The van der Waals surface area contributed by atoms with Crippen LogP contribution >= 0.6 is 0 Å². The van der Waals surface area contributed by atoms with Gasteiger partial charge in [0.25, 0.3) is 0 Å². The van der Waals surface area contributed by atoms with Crippen LogP contribution in [0.5, 0.6) is 0 Å². The van der Waals surface area contributed by atoms with Gasteiger partial charge in [0.15, 0.2) is 5.78 Å². The molecule has 53 heavy (non-hydrogen) atoms. The Morgan fingerprint density at radius 2 is 1.11 bits per heavy atom. The van der Waals surface area contributed by atoms with Crippen molar-refractivity contribution in [3.8, 4) is 33.4 Å². The third-order valence-electron chi connectivity index (χ3n) is 12.9. The van der Waals surface area contributed by atoms with E-state index in [1.54, 1.807) is 0 Å². The van der Waals surface area contributed by atoms with E-state index in [1.165, 1.54) is 83.5 Å². The Bertz CT molecular complexity index is 2780. The SMILES string of the molecule is O=C(Cc1ccc2c(c1)C1(c3c#cccc3-c3ccccc31)c1ccccc1-2)c1ccc2c(c1)C1(C3=C(C=CCC3)c3ccccc31)c1ccccc1-2. The largest absolute Gasteiger partial charge is 0.294 e. The summed E-state index contributed by atoms with van der Waals surface area (Å²) in [5.74, 6) is 0.138. The quantitative estimate of drug-likeness (QED) is 0.171. The zero-order valence-corrected chi connectivity index (χ0v) is 29.0. The van der Waals surface area contributed by atoms with Crippen LogP contribution in [0.2, 0.25) is 0 Å². The van der Waals surface area contributed by atoms with Crippen molar-refractivity contribution in [2.24, 2.45) is 0 Å². The summed E-state index contributed by atoms with van der Waals surface area (Å²) < 4.78 is 0. The monoisotopic (exact) mass is 672 g/mol. The Hall–Kier alpha value is -6.49. The first-order valence-electron chi connectivity index (χ1n) is 18.7. The molecule has 7 aromatic carbocycles. The van der Waals surface area contributed by atoms with Crippen LogP contribution in [0.4, 0.5) is 0 Å². The molecule has 0 radical (unpaired) electrons. The molecule has 12 rings (SSSR count). The fourth-order valence-electron chi connectivity index (χ4n) is 11.0. The van der Waals surface area contributed by atoms with Crippen LogP contribution in [0.15, 0.2) is 163 Å². The molecule has 0 amide bonds. The number of carbonyl (C=O) groups excluding carboxylic acids is 1. The minimum Gasteiger partial charge on any atom is -0.294 e. The average Bonchev–Trinajstić information content (AvgIpc) is 3.89. The Morgan fingerprint density at radius 1 is 0.547 bits per heavy atom. The fraction of sp³-hybridized carbons (Fsp3) is 0.0962. The van der Waals surface area contributed by atoms with Gasteiger partial charge in [-0.1, -0.05) is 152 Å². The Balaban J connectivity index is 1.00. The van der Waals surface area contributed by atoms with E-state index in [-0.39, 0.29) is 11.2 Å². The van der Waals surface area contributed by atoms with Crippen LogP contribution in [0.25, 0.3) is 39.0 Å². The second-order valence-corrected chi connectivity index (χ2v) is 15.1. The lowest BCUT2D eigenvalue weighted by molar-refractivity contribution is 0.0993. The van der Waals surface area contributed by atoms with Gasteiger partial charge >= 0.3 is 0 Å². The summed E-state index contributed by atoms with van der Waals surface area (Å²) in [6, 6.07) is 59.6. The normalized spacial score (nSPS) is 18.1. The summed E-state index contributed by atoms with van der Waals surface area (Å²) >= 11 is 0. The molecular weight excluding hydrogens is 641 g/mol. The van der Waals surface area contributed by atoms with Crippen LogP contribution in [0.3, 0.4) is 0 Å². The van der Waals surface area contributed by atoms with Crippen molar-refractivity contribution < 1.29 is 4.79 Å². The molecule has 2 unspecified atom stereocenters. The van der Waals surface area contributed by atoms with Crippen molar-refractivity contribution in [3.63, 3.8) is 0 Å². The number of benzene rings is 6. The molecule has 0 saturated carbocycles. The van der Waals surface area contributed by atoms with Gasteiger partial charge < -0.3 is 0 Å². The van der Waals surface area contributed by atoms with Crippen LogP contribution in [-0.4, -0.2) is 5.78 Å². The molecule has 2 atom stereocenters. The summed E-state index contributed by atoms with van der Waals surface area (Å²) in [5.41, 5.74) is 21.3. The van der Waals surface area contributed by atoms with Gasteiger partial charge in [0.2, 0.25) is 0 Å². The first kappa shape index (κ1) is 29.1. The number of fused-ring (bicyclic) bond motifs is 19. The lowest BCUT2D eigenvalue weighted by Crippen LogP contribution is -2.28. The smallest absolute Gasteiger partial charge is 0.167 e. The van der Waals surface area contributed by atoms with Crippen LogP contribution in [0.1, 0.15) is 73.3 Å². The molecule has 5 aliphatic rings. The minimum absolute atomic E-state index is 0.138. The number of ketones is 1. The topological polar surface area (TPSA) is 17.1 Å². The molecular formula is C52H32O. The maximum Gasteiger partial charge on any atom is 0.167 e. The number of hydrogen-bond donors (Lipinski definition) is 0. The van der Waals surface area contributed by atoms with E-state index < -0.39 is 5.41 Å². The van der Waals surface area contributed by atoms with Gasteiger partial charge in [-0.05, 0) is 120 Å². The van der Waals surface area contributed by atoms with Gasteiger partial charge in [-0.25, -0.2) is 0 Å². The lowest BCUT2D eigenvalue weighted by Gasteiger charge is -2.33. The summed E-state index contributed by atoms with van der Waals surface area (Å²) in [5, 5.41) is 0. The molecule has 0 fully saturated rings. The molecule has 1 nitrogen and oxygen atoms in total. The summed E-state index contributed by atoms with van der Waals surface area (Å²) in [6.45, 7) is 0. The summed E-state index contributed by atoms with van der Waals surface area (Å²) in [6.07, 6.45) is 7.00. The number of hydrogen-bond acceptors (Lipinski definition) is 1. The zero-order valence-electron chi connectivity index (χ0n) is 29.0. The van der Waals surface area contributed by atoms with Crippen molar-refractivity contribution >= 4 is 11.4 Å². The highest BCUT2D eigenvalue weighted by Crippen LogP contribution is 2.64. The lowest BCUT2D eigenvalue weighted by atomic mass is 9.68. The number of carbonyl (C=O) groups is 1. The average molecular weight is 673 g/mol. The molecule has 0 aliphatic heterocycles. The maximum atomic E-state index is 14.6. The number of rotatable bonds is 3. The van der Waals surface area contributed by atoms with Crippen LogP contribution in [0, 0.1) is 12.1 Å². The second kappa shape index (κ2) is 10.3. The molecule has 7 aromatic rings. The predicted octanol–water partition coefficient (Wildman–Crippen LogP) is 11.5. The van der Waals surface area contributed by atoms with E-state index in [1.807, 2.05) is 6.07 Å². The minimum atomic E-state index is -0.504. The van der Waals surface area contributed by atoms with Gasteiger partial charge in [0.05, 0.1) is 10.8 Å². The van der Waals surface area contributed by atoms with E-state index in [0.717, 1.165) is 29.5 Å². The van der Waals surface area contributed by atoms with Crippen LogP contribution in [-0.2, 0) is 17.3 Å². The molecule has 0 saturated heterocycles. The third kappa shape index (κ3) is 3.47. The molecule has 246 valence electrons. The maximum absolute atomic E-state index is 14.6. The van der Waals surface area contributed by atoms with Gasteiger partial charge in [0.1, 0.15) is 0 Å². The van der Waals surface area contributed by atoms with Crippen molar-refractivity contribution in [1.82, 2.24) is 0 Å². The third-order valence-corrected chi connectivity index (χ3v) is 12.9. The van der Waals surface area contributed by atoms with Gasteiger partial charge in [-0.15, -0.1) is 0 Å². The second-order valence-electron chi connectivity index (χ2n) is 15.1. The fourth-order valence-corrected chi connectivity index (χ4v) is 11.0. The van der Waals surface area contributed by atoms with Crippen LogP contribution < -0.4 is 0 Å². The highest BCUT2D eigenvalue weighted by atomic mass is 16.1. The highest BCUT2D eigenvalue weighted by molar-refractivity contribution is 6.02. The van der Waals surface area contributed by atoms with Crippen molar-refractivity contribution in [2.75, 3.05) is 0 Å². The van der Waals surface area contributed by atoms with E-state index in [2.05, 4.69) is 164 Å². The predicted molar refractivity (Wildman–Crippen MR) is 212 cm³/mol. The summed E-state index contributed by atoms with van der Waals surface area (Å²) in [4.78, 5) is 14.6. The molecule has 5 aliphatic carbocycles. The Morgan fingerprint density at radius 3 is 1.83 bits per heavy atom. The van der Waals surface area contributed by atoms with E-state index in [9.17, 15) is 4.79 Å². The van der Waals surface area contributed by atoms with Gasteiger partial charge in [-0.2, -0.15) is 0 Å². The molecule has 1 heteroatoms. The molecule has 0 heterocycles. The number of allylic oxidation sites excluding steroid dienone is 4. The van der Waals surface area contributed by atoms with E-state index in [4.69, 9.17) is 0 Å². The van der Waals surface area contributed by atoms with E-state index in [0.29, 0.717) is 6.42 Å². The molecule has 2 spiro atoms. The van der Waals surface area contributed by atoms with E-state index >= 15 is 0 Å². The van der Waals surface area contributed by atoms with Gasteiger partial charge in [0, 0.05) is 17.5 Å². The molecule has 0 aromatic heterocycles. The Labute approximate surface area is 309 Å². The first-order valence-corrected chi connectivity index (χ1v) is 18.7. The van der Waals surface area contributed by atoms with Crippen molar-refractivity contribution in [3.05, 3.63) is 231 Å². The zero-order chi connectivity index (χ0) is 34.9. The molecule has 0 bridgehead atoms. The van der Waals surface area contributed by atoms with Crippen molar-refractivity contribution in [1.29, 1.82) is 0 Å². The summed E-state index contributed by atoms with van der Waals surface area (Å²) in [7, 11) is 0. The standard InChI is InChI=1S/C52H32O/c53-50(33-26-28-41-39-18-6-12-24-47(39)52(49(41)31-33)44-21-9-3-15-36(44)37-16-4-10-22-45(37)52)30-32-25-27-40-38-17-5-11-23-46(38)51(48(40)29-32)42-19-7-1-13-34(42)35-14-2-8-20-43(35)51/h1-7,9,11-19,21,23-29,31H,10,22,30H2. The van der Waals surface area contributed by atoms with Gasteiger partial charge in [-0.3, -0.25) is 4.79 Å². The highest BCUT2D eigenvalue weighted by Gasteiger charge is 2.54. The Kier molecular flexibility index (Phi) is 5.67. The first-order chi connectivity index (χ1) is 26.2.